The summed E-state index contributed by atoms with van der Waals surface area (Å²) in [5.41, 5.74) is 1.33. The van der Waals surface area contributed by atoms with Gasteiger partial charge in [0.1, 0.15) is 0 Å². The normalized spacial score (nSPS) is 18.0. The van der Waals surface area contributed by atoms with Gasteiger partial charge in [0.05, 0.1) is 0 Å². The molecule has 3 N–H and O–H groups in total. The fourth-order valence-corrected chi connectivity index (χ4v) is 5.02. The first-order valence-corrected chi connectivity index (χ1v) is 9.22. The molecule has 0 atom stereocenters. The van der Waals surface area contributed by atoms with Crippen LogP contribution >= 0.6 is 11.8 Å². The van der Waals surface area contributed by atoms with E-state index in [2.05, 4.69) is 33.0 Å². The summed E-state index contributed by atoms with van der Waals surface area (Å²) in [6.45, 7) is 8.72. The van der Waals surface area contributed by atoms with Crippen molar-refractivity contribution in [2.75, 3.05) is 5.32 Å². The van der Waals surface area contributed by atoms with Gasteiger partial charge in [-0.05, 0) is 41.7 Å². The Balaban J connectivity index is 2.31. The number of carbonyl (C=O) groups is 3. The Kier molecular flexibility index (Phi) is 5.85. The molecule has 2 rings (SSSR count). The molecule has 1 aromatic carbocycles. The molecule has 1 aromatic rings. The second-order valence-corrected chi connectivity index (χ2v) is 9.45. The van der Waals surface area contributed by atoms with E-state index >= 15 is 0 Å². The highest BCUT2D eigenvalue weighted by Crippen LogP contribution is 2.51. The molecule has 1 heterocycles. The van der Waals surface area contributed by atoms with Crippen LogP contribution in [0.15, 0.2) is 46.9 Å². The summed E-state index contributed by atoms with van der Waals surface area (Å²) >= 11 is 1.79. The lowest BCUT2D eigenvalue weighted by molar-refractivity contribution is -0.132. The molecule has 0 spiro atoms. The second-order valence-electron chi connectivity index (χ2n) is 7.70. The number of carboxylic acids is 2. The van der Waals surface area contributed by atoms with Crippen LogP contribution in [-0.4, -0.2) is 32.8 Å². The number of carbonyl (C=O) groups excluding carboxylic acids is 1. The Hall–Kier alpha value is -2.54. The van der Waals surface area contributed by atoms with Gasteiger partial charge in [0.25, 0.3) is 5.91 Å². The molecule has 0 saturated heterocycles. The van der Waals surface area contributed by atoms with Crippen molar-refractivity contribution in [2.45, 2.75) is 49.2 Å². The van der Waals surface area contributed by atoms with Gasteiger partial charge in [0.2, 0.25) is 0 Å². The first-order chi connectivity index (χ1) is 12.4. The van der Waals surface area contributed by atoms with Crippen molar-refractivity contribution >= 4 is 35.3 Å². The molecule has 0 aliphatic carbocycles. The molecule has 144 valence electrons. The predicted octanol–water partition coefficient (Wildman–Crippen LogP) is 3.83. The summed E-state index contributed by atoms with van der Waals surface area (Å²) in [4.78, 5) is 35.1. The third kappa shape index (κ3) is 5.47. The Bertz CT molecular complexity index is 852. The number of carboxylic acid groups (broad SMARTS) is 2. The molecule has 6 nitrogen and oxygen atoms in total. The van der Waals surface area contributed by atoms with Crippen molar-refractivity contribution in [3.63, 3.8) is 0 Å². The summed E-state index contributed by atoms with van der Waals surface area (Å²) in [5, 5.41) is 20.3. The SMILES string of the molecule is CC1(C)CC(C)(C)c2cc(NC(=O)C(=CC(=O)O)/C=C/C(=O)O)ccc2S1. The van der Waals surface area contributed by atoms with Crippen LogP contribution in [0.1, 0.15) is 39.7 Å². The number of hydrogen-bond acceptors (Lipinski definition) is 4. The van der Waals surface area contributed by atoms with Gasteiger partial charge in [0.15, 0.2) is 0 Å². The van der Waals surface area contributed by atoms with Crippen LogP contribution in [-0.2, 0) is 19.8 Å². The molecule has 0 aromatic heterocycles. The van der Waals surface area contributed by atoms with Crippen LogP contribution in [0.2, 0.25) is 0 Å². The molecule has 0 unspecified atom stereocenters. The second kappa shape index (κ2) is 7.60. The molecule has 7 heteroatoms. The number of rotatable bonds is 5. The average molecular weight is 389 g/mol. The summed E-state index contributed by atoms with van der Waals surface area (Å²) < 4.78 is 0.111. The van der Waals surface area contributed by atoms with Crippen molar-refractivity contribution in [1.29, 1.82) is 0 Å². The Morgan fingerprint density at radius 2 is 1.74 bits per heavy atom. The summed E-state index contributed by atoms with van der Waals surface area (Å²) in [5.74, 6) is -3.29. The van der Waals surface area contributed by atoms with Crippen molar-refractivity contribution in [3.8, 4) is 0 Å². The number of benzene rings is 1. The third-order valence-electron chi connectivity index (χ3n) is 4.17. The third-order valence-corrected chi connectivity index (χ3v) is 5.44. The number of anilines is 1. The van der Waals surface area contributed by atoms with E-state index in [1.165, 1.54) is 0 Å². The topological polar surface area (TPSA) is 104 Å². The van der Waals surface area contributed by atoms with Crippen LogP contribution in [0.3, 0.4) is 0 Å². The number of fused-ring (bicyclic) bond motifs is 1. The maximum atomic E-state index is 12.4. The predicted molar refractivity (Wildman–Crippen MR) is 105 cm³/mol. The van der Waals surface area contributed by atoms with Crippen LogP contribution in [0.5, 0.6) is 0 Å². The van der Waals surface area contributed by atoms with E-state index in [-0.39, 0.29) is 15.7 Å². The zero-order chi connectivity index (χ0) is 20.4. The van der Waals surface area contributed by atoms with Gasteiger partial charge < -0.3 is 15.5 Å². The summed E-state index contributed by atoms with van der Waals surface area (Å²) in [6, 6.07) is 5.61. The Labute approximate surface area is 162 Å². The highest BCUT2D eigenvalue weighted by atomic mass is 32.2. The minimum absolute atomic E-state index is 0.0756. The van der Waals surface area contributed by atoms with Crippen LogP contribution in [0, 0.1) is 0 Å². The van der Waals surface area contributed by atoms with Gasteiger partial charge in [-0.15, -0.1) is 11.8 Å². The number of amides is 1. The van der Waals surface area contributed by atoms with Gasteiger partial charge in [0, 0.05) is 33.1 Å². The van der Waals surface area contributed by atoms with Gasteiger partial charge in [-0.25, -0.2) is 9.59 Å². The van der Waals surface area contributed by atoms with Gasteiger partial charge in [-0.1, -0.05) is 27.7 Å². The number of hydrogen-bond donors (Lipinski definition) is 3. The van der Waals surface area contributed by atoms with E-state index in [9.17, 15) is 14.4 Å². The molecule has 1 amide bonds. The summed E-state index contributed by atoms with van der Waals surface area (Å²) in [6.07, 6.45) is 3.34. The van der Waals surface area contributed by atoms with E-state index in [1.54, 1.807) is 17.8 Å². The zero-order valence-electron chi connectivity index (χ0n) is 15.7. The largest absolute Gasteiger partial charge is 0.478 e. The highest BCUT2D eigenvalue weighted by Gasteiger charge is 2.38. The number of aliphatic carboxylic acids is 2. The zero-order valence-corrected chi connectivity index (χ0v) is 16.5. The van der Waals surface area contributed by atoms with E-state index in [0.717, 1.165) is 29.0 Å². The molecular formula is C20H23NO5S. The molecular weight excluding hydrogens is 366 g/mol. The standard InChI is InChI=1S/C20H23NO5S/c1-19(2)11-20(3,4)27-15-7-6-13(10-14(15)19)21-18(26)12(9-17(24)25)5-8-16(22)23/h5-10H,11H2,1-4H3,(H,21,26)(H,22,23)(H,24,25)/b8-5+,12-9?. The van der Waals surface area contributed by atoms with Crippen LogP contribution in [0.25, 0.3) is 0 Å². The van der Waals surface area contributed by atoms with Crippen molar-refractivity contribution in [3.05, 3.63) is 47.6 Å². The minimum atomic E-state index is -1.33. The molecule has 1 aliphatic rings. The lowest BCUT2D eigenvalue weighted by Gasteiger charge is -2.41. The lowest BCUT2D eigenvalue weighted by atomic mass is 9.77. The maximum Gasteiger partial charge on any atom is 0.329 e. The van der Waals surface area contributed by atoms with E-state index in [1.807, 2.05) is 12.1 Å². The smallest absolute Gasteiger partial charge is 0.329 e. The van der Waals surface area contributed by atoms with E-state index < -0.39 is 17.8 Å². The molecule has 27 heavy (non-hydrogen) atoms. The van der Waals surface area contributed by atoms with Gasteiger partial charge >= 0.3 is 11.9 Å². The Morgan fingerprint density at radius 3 is 2.33 bits per heavy atom. The lowest BCUT2D eigenvalue weighted by Crippen LogP contribution is -2.33. The van der Waals surface area contributed by atoms with Crippen LogP contribution in [0.4, 0.5) is 5.69 Å². The average Bonchev–Trinajstić information content (AvgIpc) is 2.49. The van der Waals surface area contributed by atoms with Gasteiger partial charge in [-0.2, -0.15) is 0 Å². The molecule has 0 bridgehead atoms. The van der Waals surface area contributed by atoms with Crippen molar-refractivity contribution < 1.29 is 24.6 Å². The number of thioether (sulfide) groups is 1. The maximum absolute atomic E-state index is 12.4. The van der Waals surface area contributed by atoms with Crippen molar-refractivity contribution in [1.82, 2.24) is 0 Å². The minimum Gasteiger partial charge on any atom is -0.478 e. The molecule has 0 radical (unpaired) electrons. The van der Waals surface area contributed by atoms with E-state index in [4.69, 9.17) is 10.2 Å². The first-order valence-electron chi connectivity index (χ1n) is 8.40. The Morgan fingerprint density at radius 1 is 1.07 bits per heavy atom. The monoisotopic (exact) mass is 389 g/mol. The van der Waals surface area contributed by atoms with Crippen LogP contribution < -0.4 is 5.32 Å². The fourth-order valence-electron chi connectivity index (χ4n) is 3.41. The first kappa shape index (κ1) is 20.8. The van der Waals surface area contributed by atoms with E-state index in [0.29, 0.717) is 11.8 Å². The molecule has 0 fully saturated rings. The quantitative estimate of drug-likeness (QED) is 0.522. The van der Waals surface area contributed by atoms with Gasteiger partial charge in [-0.3, -0.25) is 4.79 Å². The van der Waals surface area contributed by atoms with Crippen molar-refractivity contribution in [2.24, 2.45) is 0 Å². The number of nitrogens with one attached hydrogen (secondary N) is 1. The highest BCUT2D eigenvalue weighted by molar-refractivity contribution is 8.00. The fraction of sp³-hybridized carbons (Fsp3) is 0.350. The molecule has 0 saturated carbocycles. The molecule has 1 aliphatic heterocycles. The summed E-state index contributed by atoms with van der Waals surface area (Å²) in [7, 11) is 0.